The largest absolute Gasteiger partial charge is 0.352 e. The average molecular weight is 317 g/mol. The van der Waals surface area contributed by atoms with Crippen LogP contribution in [0.1, 0.15) is 22.8 Å². The minimum Gasteiger partial charge on any atom is -0.352 e. The maximum Gasteiger partial charge on any atom is 0.253 e. The van der Waals surface area contributed by atoms with Crippen LogP contribution < -0.4 is 10.6 Å². The van der Waals surface area contributed by atoms with E-state index >= 15 is 0 Å². The number of hydrogen-bond donors (Lipinski definition) is 2. The molecule has 4 nitrogen and oxygen atoms in total. The van der Waals surface area contributed by atoms with Crippen molar-refractivity contribution < 1.29 is 9.59 Å². The predicted molar refractivity (Wildman–Crippen MR) is 88.2 cm³/mol. The van der Waals surface area contributed by atoms with Crippen LogP contribution in [0.3, 0.4) is 0 Å². The zero-order valence-electron chi connectivity index (χ0n) is 12.2. The van der Waals surface area contributed by atoms with E-state index in [1.807, 2.05) is 6.92 Å². The summed E-state index contributed by atoms with van der Waals surface area (Å²) in [6.07, 6.45) is 0.223. The molecule has 0 unspecified atom stereocenters. The summed E-state index contributed by atoms with van der Waals surface area (Å²) in [5, 5.41) is 6.14. The van der Waals surface area contributed by atoms with Crippen molar-refractivity contribution in [2.75, 3.05) is 11.9 Å². The van der Waals surface area contributed by atoms with Crippen LogP contribution in [-0.2, 0) is 11.2 Å². The molecule has 0 spiro atoms. The van der Waals surface area contributed by atoms with Crippen LogP contribution in [0.25, 0.3) is 0 Å². The van der Waals surface area contributed by atoms with Crippen molar-refractivity contribution in [2.45, 2.75) is 13.3 Å². The molecule has 2 aromatic rings. The molecule has 0 aliphatic rings. The molecule has 2 amide bonds. The molecule has 0 heterocycles. The van der Waals surface area contributed by atoms with Gasteiger partial charge in [-0.2, -0.15) is 0 Å². The Kier molecular flexibility index (Phi) is 5.55. The first-order chi connectivity index (χ1) is 10.6. The van der Waals surface area contributed by atoms with Crippen LogP contribution >= 0.6 is 11.6 Å². The number of rotatable bonds is 5. The van der Waals surface area contributed by atoms with Crippen molar-refractivity contribution in [3.63, 3.8) is 0 Å². The summed E-state index contributed by atoms with van der Waals surface area (Å²) in [7, 11) is 0. The van der Waals surface area contributed by atoms with E-state index < -0.39 is 0 Å². The lowest BCUT2D eigenvalue weighted by atomic mass is 10.1. The number of hydrogen-bond acceptors (Lipinski definition) is 2. The Morgan fingerprint density at radius 1 is 1.05 bits per heavy atom. The van der Waals surface area contributed by atoms with Gasteiger partial charge < -0.3 is 10.6 Å². The van der Waals surface area contributed by atoms with Crippen LogP contribution in [0.4, 0.5) is 5.69 Å². The van der Waals surface area contributed by atoms with Gasteiger partial charge in [0.25, 0.3) is 5.91 Å². The normalized spacial score (nSPS) is 10.1. The maximum atomic E-state index is 12.1. The van der Waals surface area contributed by atoms with Crippen LogP contribution in [0.2, 0.25) is 5.02 Å². The van der Waals surface area contributed by atoms with Crippen molar-refractivity contribution >= 4 is 29.1 Å². The van der Waals surface area contributed by atoms with E-state index in [2.05, 4.69) is 10.6 Å². The molecule has 2 aromatic carbocycles. The molecule has 0 fully saturated rings. The molecule has 5 heteroatoms. The highest BCUT2D eigenvalue weighted by atomic mass is 35.5. The van der Waals surface area contributed by atoms with Gasteiger partial charge in [-0.3, -0.25) is 9.59 Å². The predicted octanol–water partition coefficient (Wildman–Crippen LogP) is 3.27. The van der Waals surface area contributed by atoms with Gasteiger partial charge >= 0.3 is 0 Å². The summed E-state index contributed by atoms with van der Waals surface area (Å²) in [5.41, 5.74) is 1.82. The Bertz CT molecular complexity index is 669. The van der Waals surface area contributed by atoms with Crippen molar-refractivity contribution in [3.05, 3.63) is 64.7 Å². The summed E-state index contributed by atoms with van der Waals surface area (Å²) in [6.45, 7) is 2.38. The van der Waals surface area contributed by atoms with Gasteiger partial charge in [-0.15, -0.1) is 0 Å². The second kappa shape index (κ2) is 7.61. The fourth-order valence-electron chi connectivity index (χ4n) is 2.03. The monoisotopic (exact) mass is 316 g/mol. The van der Waals surface area contributed by atoms with E-state index in [-0.39, 0.29) is 18.2 Å². The smallest absolute Gasteiger partial charge is 0.253 e. The number of carbonyl (C=O) groups excluding carboxylic acids is 2. The van der Waals surface area contributed by atoms with E-state index in [1.54, 1.807) is 48.5 Å². The second-order valence-corrected chi connectivity index (χ2v) is 5.19. The number of amides is 2. The lowest BCUT2D eigenvalue weighted by molar-refractivity contribution is -0.115. The van der Waals surface area contributed by atoms with Gasteiger partial charge in [-0.25, -0.2) is 0 Å². The van der Waals surface area contributed by atoms with Crippen LogP contribution in [0.15, 0.2) is 48.5 Å². The van der Waals surface area contributed by atoms with Gasteiger partial charge in [-0.05, 0) is 36.8 Å². The first-order valence-electron chi connectivity index (χ1n) is 7.01. The molecule has 2 N–H and O–H groups in total. The Balaban J connectivity index is 2.08. The van der Waals surface area contributed by atoms with Gasteiger partial charge in [0.2, 0.25) is 5.91 Å². The standard InChI is InChI=1S/C17H17ClN2O2/c1-2-19-17(22)14-5-3-4-6-15(14)20-16(21)11-12-7-9-13(18)10-8-12/h3-10H,2,11H2,1H3,(H,19,22)(H,20,21). The number of benzene rings is 2. The topological polar surface area (TPSA) is 58.2 Å². The van der Waals surface area contributed by atoms with E-state index in [0.29, 0.717) is 22.8 Å². The summed E-state index contributed by atoms with van der Waals surface area (Å²) < 4.78 is 0. The highest BCUT2D eigenvalue weighted by molar-refractivity contribution is 6.30. The van der Waals surface area contributed by atoms with Crippen molar-refractivity contribution in [1.82, 2.24) is 5.32 Å². The Labute approximate surface area is 134 Å². The van der Waals surface area contributed by atoms with Gasteiger partial charge in [-0.1, -0.05) is 35.9 Å². The third kappa shape index (κ3) is 4.33. The molecule has 0 saturated carbocycles. The molecule has 0 aliphatic carbocycles. The SMILES string of the molecule is CCNC(=O)c1ccccc1NC(=O)Cc1ccc(Cl)cc1. The van der Waals surface area contributed by atoms with Gasteiger partial charge in [0.15, 0.2) is 0 Å². The van der Waals surface area contributed by atoms with E-state index in [9.17, 15) is 9.59 Å². The molecular weight excluding hydrogens is 300 g/mol. The zero-order valence-corrected chi connectivity index (χ0v) is 13.0. The minimum absolute atomic E-state index is 0.181. The quantitative estimate of drug-likeness (QED) is 0.889. The van der Waals surface area contributed by atoms with Gasteiger partial charge in [0, 0.05) is 11.6 Å². The second-order valence-electron chi connectivity index (χ2n) is 4.76. The highest BCUT2D eigenvalue weighted by Crippen LogP contribution is 2.16. The van der Waals surface area contributed by atoms with Crippen LogP contribution in [-0.4, -0.2) is 18.4 Å². The molecule has 0 atom stereocenters. The van der Waals surface area contributed by atoms with Gasteiger partial charge in [0.1, 0.15) is 0 Å². The highest BCUT2D eigenvalue weighted by Gasteiger charge is 2.12. The Morgan fingerprint density at radius 3 is 2.41 bits per heavy atom. The lowest BCUT2D eigenvalue weighted by Crippen LogP contribution is -2.25. The molecule has 114 valence electrons. The number of nitrogens with one attached hydrogen (secondary N) is 2. The van der Waals surface area contributed by atoms with Crippen molar-refractivity contribution in [3.8, 4) is 0 Å². The average Bonchev–Trinajstić information content (AvgIpc) is 2.50. The van der Waals surface area contributed by atoms with Gasteiger partial charge in [0.05, 0.1) is 17.7 Å². The molecule has 22 heavy (non-hydrogen) atoms. The molecule has 0 bridgehead atoms. The summed E-state index contributed by atoms with van der Waals surface area (Å²) in [6, 6.07) is 14.0. The molecule has 2 rings (SSSR count). The minimum atomic E-state index is -0.204. The zero-order chi connectivity index (χ0) is 15.9. The first-order valence-corrected chi connectivity index (χ1v) is 7.39. The molecule has 0 aromatic heterocycles. The lowest BCUT2D eigenvalue weighted by Gasteiger charge is -2.10. The number of carbonyl (C=O) groups is 2. The third-order valence-corrected chi connectivity index (χ3v) is 3.31. The van der Waals surface area contributed by atoms with Crippen molar-refractivity contribution in [1.29, 1.82) is 0 Å². The number of para-hydroxylation sites is 1. The molecular formula is C17H17ClN2O2. The molecule has 0 radical (unpaired) electrons. The maximum absolute atomic E-state index is 12.1. The fourth-order valence-corrected chi connectivity index (χ4v) is 2.15. The molecule has 0 saturated heterocycles. The molecule has 0 aliphatic heterocycles. The Hall–Kier alpha value is -2.33. The summed E-state index contributed by atoms with van der Waals surface area (Å²) in [5.74, 6) is -0.385. The first kappa shape index (κ1) is 16.0. The fraction of sp³-hybridized carbons (Fsp3) is 0.176. The summed E-state index contributed by atoms with van der Waals surface area (Å²) in [4.78, 5) is 24.1. The Morgan fingerprint density at radius 2 is 1.73 bits per heavy atom. The van der Waals surface area contributed by atoms with Crippen LogP contribution in [0, 0.1) is 0 Å². The van der Waals surface area contributed by atoms with E-state index in [0.717, 1.165) is 5.56 Å². The van der Waals surface area contributed by atoms with E-state index in [4.69, 9.17) is 11.6 Å². The van der Waals surface area contributed by atoms with E-state index in [1.165, 1.54) is 0 Å². The van der Waals surface area contributed by atoms with Crippen molar-refractivity contribution in [2.24, 2.45) is 0 Å². The number of halogens is 1. The van der Waals surface area contributed by atoms with Crippen LogP contribution in [0.5, 0.6) is 0 Å². The number of anilines is 1. The third-order valence-electron chi connectivity index (χ3n) is 3.06. The summed E-state index contributed by atoms with van der Waals surface area (Å²) >= 11 is 5.82.